The third kappa shape index (κ3) is 9.19. The van der Waals surface area contributed by atoms with Crippen molar-refractivity contribution in [1.29, 1.82) is 5.41 Å². The number of rotatable bonds is 7. The van der Waals surface area contributed by atoms with Gasteiger partial charge in [0.2, 0.25) is 0 Å². The number of aromatic nitrogens is 1. The SMILES string of the molecule is CC(=O)O.CC1=NN(c2ccccc2)C(=N)/C1=C(/[S-])SN=Nc1ccc(S(=O)(=O)Nc2ccccn2)cc1.[Pb]. The van der Waals surface area contributed by atoms with Gasteiger partial charge in [-0.05, 0) is 55.5 Å². The molecule has 200 valence electrons. The molecule has 0 bridgehead atoms. The first-order valence-electron chi connectivity index (χ1n) is 10.8. The molecule has 2 heterocycles. The first-order chi connectivity index (χ1) is 18.1. The zero-order valence-corrected chi connectivity index (χ0v) is 27.0. The Labute approximate surface area is 255 Å². The van der Waals surface area contributed by atoms with E-state index in [1.165, 1.54) is 35.5 Å². The van der Waals surface area contributed by atoms with Gasteiger partial charge in [0.25, 0.3) is 16.0 Å². The van der Waals surface area contributed by atoms with Crippen LogP contribution in [-0.4, -0.2) is 63.3 Å². The fourth-order valence-electron chi connectivity index (χ4n) is 2.99. The summed E-state index contributed by atoms with van der Waals surface area (Å²) in [7, 11) is -3.77. The standard InChI is InChI=1S/C22H19N7O2S3.C2H4O2.Pb/c1-15-20(21(23)29(26-15)17-7-3-2-4-8-17)22(32)33-28-25-16-10-12-18(13-11-16)34(30,31)27-19-9-5-6-14-24-19;1-2(3)4;/h2-14,23,32H,1H3,(H,24,27);1H3,(H,3,4);/p-1/b22-20-,23-21?,28-25?;;. The van der Waals surface area contributed by atoms with Crippen LogP contribution in [0.15, 0.2) is 108 Å². The Hall–Kier alpha value is -3.22. The number of para-hydroxylation sites is 1. The number of pyridine rings is 1. The van der Waals surface area contributed by atoms with Gasteiger partial charge in [-0.15, -0.1) is 13.9 Å². The first kappa shape index (κ1) is 32.0. The summed E-state index contributed by atoms with van der Waals surface area (Å²) in [5, 5.41) is 25.9. The fraction of sp³-hybridized carbons (Fsp3) is 0.0833. The Morgan fingerprint density at radius 2 is 1.69 bits per heavy atom. The van der Waals surface area contributed by atoms with Gasteiger partial charge in [0.15, 0.2) is 5.84 Å². The topological polar surface area (TPSA) is 161 Å². The van der Waals surface area contributed by atoms with Crippen LogP contribution in [-0.2, 0) is 27.4 Å². The van der Waals surface area contributed by atoms with Crippen LogP contribution in [0.4, 0.5) is 17.2 Å². The van der Waals surface area contributed by atoms with E-state index >= 15 is 0 Å². The minimum atomic E-state index is -3.77. The second-order valence-electron chi connectivity index (χ2n) is 7.45. The molecule has 0 fully saturated rings. The van der Waals surface area contributed by atoms with Crippen molar-refractivity contribution in [2.75, 3.05) is 9.73 Å². The fourth-order valence-corrected chi connectivity index (χ4v) is 4.89. The third-order valence-electron chi connectivity index (χ3n) is 4.60. The molecular formula is C24H22N7O4PbS3-. The molecule has 0 spiro atoms. The summed E-state index contributed by atoms with van der Waals surface area (Å²) >= 11 is 6.40. The molecule has 0 atom stereocenters. The summed E-state index contributed by atoms with van der Waals surface area (Å²) in [4.78, 5) is 13.0. The summed E-state index contributed by atoms with van der Waals surface area (Å²) in [6, 6.07) is 20.2. The average Bonchev–Trinajstić information content (AvgIpc) is 3.18. The molecule has 11 nitrogen and oxygen atoms in total. The molecule has 1 aliphatic heterocycles. The Balaban J connectivity index is 0.000000998. The van der Waals surface area contributed by atoms with E-state index in [1.807, 2.05) is 30.3 Å². The first-order valence-corrected chi connectivity index (χ1v) is 13.5. The molecule has 3 N–H and O–H groups in total. The van der Waals surface area contributed by atoms with Crippen LogP contribution < -0.4 is 9.73 Å². The van der Waals surface area contributed by atoms with Crippen LogP contribution in [0.1, 0.15) is 13.8 Å². The van der Waals surface area contributed by atoms with E-state index < -0.39 is 16.0 Å². The number of hydrazone groups is 1. The summed E-state index contributed by atoms with van der Waals surface area (Å²) in [6.07, 6.45) is 1.50. The number of carbonyl (C=O) groups is 1. The molecule has 1 aromatic heterocycles. The Bertz CT molecular complexity index is 1500. The molecular weight excluding hydrogens is 754 g/mol. The van der Waals surface area contributed by atoms with Crippen molar-refractivity contribution in [1.82, 2.24) is 4.98 Å². The van der Waals surface area contributed by atoms with E-state index in [0.29, 0.717) is 21.2 Å². The maximum Gasteiger partial charge on any atom is 0.300 e. The number of sulfonamides is 1. The minimum absolute atomic E-state index is 0. The third-order valence-corrected chi connectivity index (χ3v) is 6.93. The van der Waals surface area contributed by atoms with Gasteiger partial charge < -0.3 is 17.7 Å². The Kier molecular flexibility index (Phi) is 12.1. The second kappa shape index (κ2) is 14.8. The summed E-state index contributed by atoms with van der Waals surface area (Å²) in [5.41, 5.74) is 2.36. The van der Waals surface area contributed by atoms with Gasteiger partial charge >= 0.3 is 0 Å². The molecule has 15 heteroatoms. The zero-order chi connectivity index (χ0) is 27.7. The van der Waals surface area contributed by atoms with Gasteiger partial charge in [-0.1, -0.05) is 24.3 Å². The molecule has 3 aromatic rings. The van der Waals surface area contributed by atoms with E-state index in [-0.39, 0.29) is 43.8 Å². The van der Waals surface area contributed by atoms with E-state index in [2.05, 4.69) is 24.4 Å². The summed E-state index contributed by atoms with van der Waals surface area (Å²) in [6.45, 7) is 2.87. The van der Waals surface area contributed by atoms with Crippen molar-refractivity contribution in [3.63, 3.8) is 0 Å². The molecule has 0 unspecified atom stereocenters. The average molecular weight is 776 g/mol. The maximum atomic E-state index is 12.5. The van der Waals surface area contributed by atoms with Gasteiger partial charge in [-0.2, -0.15) is 5.10 Å². The van der Waals surface area contributed by atoms with Gasteiger partial charge in [0.05, 0.1) is 22.0 Å². The maximum absolute atomic E-state index is 12.5. The predicted molar refractivity (Wildman–Crippen MR) is 157 cm³/mol. The molecule has 0 saturated carbocycles. The number of anilines is 2. The molecule has 0 aliphatic carbocycles. The van der Waals surface area contributed by atoms with E-state index in [1.54, 1.807) is 25.1 Å². The number of aliphatic carboxylic acids is 1. The number of carboxylic acids is 1. The van der Waals surface area contributed by atoms with E-state index in [9.17, 15) is 8.42 Å². The number of carboxylic acid groups (broad SMARTS) is 1. The van der Waals surface area contributed by atoms with Crippen LogP contribution in [0.3, 0.4) is 0 Å². The molecule has 2 aromatic carbocycles. The van der Waals surface area contributed by atoms with Crippen LogP contribution in [0.25, 0.3) is 0 Å². The van der Waals surface area contributed by atoms with Crippen LogP contribution >= 0.6 is 11.9 Å². The number of hydrogen-bond acceptors (Lipinski definition) is 10. The summed E-state index contributed by atoms with van der Waals surface area (Å²) < 4.78 is 31.8. The van der Waals surface area contributed by atoms with Crippen LogP contribution in [0.2, 0.25) is 0 Å². The van der Waals surface area contributed by atoms with Gasteiger partial charge in [0, 0.05) is 57.9 Å². The van der Waals surface area contributed by atoms with E-state index in [4.69, 9.17) is 27.9 Å². The van der Waals surface area contributed by atoms with Crippen molar-refractivity contribution in [2.45, 2.75) is 18.7 Å². The summed E-state index contributed by atoms with van der Waals surface area (Å²) in [5.74, 6) is -0.429. The van der Waals surface area contributed by atoms with Crippen molar-refractivity contribution in [3.05, 3.63) is 88.8 Å². The molecule has 1 aliphatic rings. The molecule has 39 heavy (non-hydrogen) atoms. The normalized spacial score (nSPS) is 14.2. The van der Waals surface area contributed by atoms with Gasteiger partial charge in [-0.3, -0.25) is 14.9 Å². The number of hydrogen-bond donors (Lipinski definition) is 3. The van der Waals surface area contributed by atoms with Crippen LogP contribution in [0.5, 0.6) is 0 Å². The zero-order valence-electron chi connectivity index (χ0n) is 20.6. The Morgan fingerprint density at radius 3 is 2.28 bits per heavy atom. The van der Waals surface area contributed by atoms with Crippen molar-refractivity contribution in [2.24, 2.45) is 14.7 Å². The Morgan fingerprint density at radius 1 is 1.08 bits per heavy atom. The molecule has 0 amide bonds. The number of amidine groups is 1. The van der Waals surface area contributed by atoms with Crippen molar-refractivity contribution >= 4 is 96.6 Å². The predicted octanol–water partition coefficient (Wildman–Crippen LogP) is 4.96. The van der Waals surface area contributed by atoms with Gasteiger partial charge in [-0.25, -0.2) is 18.4 Å². The second-order valence-corrected chi connectivity index (χ2v) is 10.6. The van der Waals surface area contributed by atoms with E-state index in [0.717, 1.165) is 24.6 Å². The minimum Gasteiger partial charge on any atom is -0.770 e. The smallest absolute Gasteiger partial charge is 0.300 e. The molecule has 4 rings (SSSR count). The number of benzene rings is 2. The number of nitrogens with one attached hydrogen (secondary N) is 2. The number of nitrogens with zero attached hydrogens (tertiary/aromatic N) is 5. The van der Waals surface area contributed by atoms with Crippen molar-refractivity contribution in [3.8, 4) is 0 Å². The molecule has 0 saturated heterocycles. The quantitative estimate of drug-likeness (QED) is 0.132. The monoisotopic (exact) mass is 776 g/mol. The van der Waals surface area contributed by atoms with Crippen LogP contribution in [0, 0.1) is 5.41 Å². The van der Waals surface area contributed by atoms with Crippen molar-refractivity contribution < 1.29 is 18.3 Å². The van der Waals surface area contributed by atoms with Gasteiger partial charge in [0.1, 0.15) is 5.82 Å². The molecule has 4 radical (unpaired) electrons. The largest absolute Gasteiger partial charge is 0.770 e.